The molecule has 1 heterocycles. The van der Waals surface area contributed by atoms with Gasteiger partial charge in [-0.2, -0.15) is 10.5 Å². The van der Waals surface area contributed by atoms with Gasteiger partial charge in [0.05, 0.1) is 0 Å². The van der Waals surface area contributed by atoms with E-state index >= 15 is 0 Å². The second-order valence-electron chi connectivity index (χ2n) is 4.41. The molecule has 0 fully saturated rings. The first kappa shape index (κ1) is 11.0. The van der Waals surface area contributed by atoms with Gasteiger partial charge in [-0.1, -0.05) is 12.2 Å². The van der Waals surface area contributed by atoms with E-state index in [1.165, 1.54) is 16.0 Å². The molecule has 0 amide bonds. The predicted octanol–water partition coefficient (Wildman–Crippen LogP) is 3.97. The van der Waals surface area contributed by atoms with Crippen LogP contribution in [0.1, 0.15) is 28.2 Å². The van der Waals surface area contributed by atoms with Crippen LogP contribution in [0.3, 0.4) is 0 Å². The minimum Gasteiger partial charge on any atom is -0.192 e. The maximum Gasteiger partial charge on any atom is 0.138 e. The molecule has 0 unspecified atom stereocenters. The Morgan fingerprint density at radius 2 is 2.11 bits per heavy atom. The van der Waals surface area contributed by atoms with E-state index in [2.05, 4.69) is 25.1 Å². The number of allylic oxidation sites excluding steroid dienone is 6. The first-order chi connectivity index (χ1) is 8.76. The summed E-state index contributed by atoms with van der Waals surface area (Å²) in [4.78, 5) is 2.33. The highest BCUT2D eigenvalue weighted by atomic mass is 32.1. The fraction of sp³-hybridized carbons (Fsp3) is 0.200. The van der Waals surface area contributed by atoms with Gasteiger partial charge in [-0.3, -0.25) is 0 Å². The number of nitrogens with zero attached hydrogens (tertiary/aromatic N) is 2. The first-order valence-electron chi connectivity index (χ1n) is 5.82. The molecule has 0 saturated carbocycles. The third kappa shape index (κ3) is 1.38. The number of nitriles is 2. The lowest BCUT2D eigenvalue weighted by molar-refractivity contribution is 1.05. The van der Waals surface area contributed by atoms with E-state index in [0.29, 0.717) is 0 Å². The summed E-state index contributed by atoms with van der Waals surface area (Å²) < 4.78 is 0. The van der Waals surface area contributed by atoms with Gasteiger partial charge in [0.15, 0.2) is 0 Å². The molecule has 3 rings (SSSR count). The third-order valence-electron chi connectivity index (χ3n) is 3.32. The summed E-state index contributed by atoms with van der Waals surface area (Å²) in [6.07, 6.45) is 6.22. The van der Waals surface area contributed by atoms with Crippen LogP contribution in [0.2, 0.25) is 0 Å². The van der Waals surface area contributed by atoms with Gasteiger partial charge in [-0.05, 0) is 42.5 Å². The van der Waals surface area contributed by atoms with Crippen LogP contribution in [0.25, 0.3) is 11.1 Å². The van der Waals surface area contributed by atoms with Crippen molar-refractivity contribution in [1.29, 1.82) is 10.5 Å². The monoisotopic (exact) mass is 250 g/mol. The van der Waals surface area contributed by atoms with Gasteiger partial charge in [-0.25, -0.2) is 0 Å². The first-order valence-corrected chi connectivity index (χ1v) is 6.63. The van der Waals surface area contributed by atoms with Gasteiger partial charge in [-0.15, -0.1) is 11.3 Å². The van der Waals surface area contributed by atoms with Crippen molar-refractivity contribution in [1.82, 2.24) is 0 Å². The highest BCUT2D eigenvalue weighted by Crippen LogP contribution is 2.50. The normalized spacial score (nSPS) is 16.1. The van der Waals surface area contributed by atoms with Gasteiger partial charge < -0.3 is 0 Å². The SMILES string of the molecule is Cc1cc2c(s1)C(=C(C#N)C#N)C1=C2CCC=C1. The standard InChI is InChI=1S/C15H10N2S/c1-9-6-13-11-4-2-3-5-12(11)14(15(13)18-9)10(7-16)8-17/h3,5-6H,2,4H2,1H3. The van der Waals surface area contributed by atoms with E-state index in [1.807, 2.05) is 12.1 Å². The Hall–Kier alpha value is -2.10. The molecular formula is C15H10N2S. The molecule has 3 heteroatoms. The Morgan fingerprint density at radius 1 is 1.33 bits per heavy atom. The van der Waals surface area contributed by atoms with Gasteiger partial charge in [0, 0.05) is 15.3 Å². The van der Waals surface area contributed by atoms with Crippen molar-refractivity contribution in [3.8, 4) is 12.1 Å². The molecule has 0 bridgehead atoms. The molecule has 0 aliphatic heterocycles. The van der Waals surface area contributed by atoms with Crippen LogP contribution in [0.5, 0.6) is 0 Å². The molecule has 0 aromatic carbocycles. The largest absolute Gasteiger partial charge is 0.192 e. The van der Waals surface area contributed by atoms with E-state index in [1.54, 1.807) is 11.3 Å². The zero-order valence-corrected chi connectivity index (χ0v) is 10.8. The van der Waals surface area contributed by atoms with Crippen molar-refractivity contribution >= 4 is 22.5 Å². The Labute approximate surface area is 110 Å². The van der Waals surface area contributed by atoms with Crippen LogP contribution >= 0.6 is 11.3 Å². The quantitative estimate of drug-likeness (QED) is 0.654. The van der Waals surface area contributed by atoms with Crippen molar-refractivity contribution in [3.63, 3.8) is 0 Å². The highest BCUT2D eigenvalue weighted by Gasteiger charge is 2.30. The Bertz CT molecular complexity index is 699. The minimum atomic E-state index is 0.231. The van der Waals surface area contributed by atoms with Crippen molar-refractivity contribution in [2.75, 3.05) is 0 Å². The summed E-state index contributed by atoms with van der Waals surface area (Å²) in [5.41, 5.74) is 4.69. The second-order valence-corrected chi connectivity index (χ2v) is 5.66. The lowest BCUT2D eigenvalue weighted by atomic mass is 9.95. The van der Waals surface area contributed by atoms with Crippen molar-refractivity contribution in [2.45, 2.75) is 19.8 Å². The van der Waals surface area contributed by atoms with Crippen LogP contribution in [0.4, 0.5) is 0 Å². The molecule has 0 saturated heterocycles. The Morgan fingerprint density at radius 3 is 2.83 bits per heavy atom. The van der Waals surface area contributed by atoms with Crippen LogP contribution in [-0.4, -0.2) is 0 Å². The molecule has 1 aromatic heterocycles. The summed E-state index contributed by atoms with van der Waals surface area (Å²) in [6.45, 7) is 2.07. The third-order valence-corrected chi connectivity index (χ3v) is 4.39. The number of aryl methyl sites for hydroxylation is 1. The molecule has 2 aliphatic rings. The zero-order chi connectivity index (χ0) is 12.7. The Kier molecular flexibility index (Phi) is 2.44. The number of hydrogen-bond donors (Lipinski definition) is 0. The van der Waals surface area contributed by atoms with Crippen LogP contribution in [-0.2, 0) is 0 Å². The molecule has 0 radical (unpaired) electrons. The van der Waals surface area contributed by atoms with E-state index < -0.39 is 0 Å². The van der Waals surface area contributed by atoms with Crippen LogP contribution in [0, 0.1) is 29.6 Å². The van der Waals surface area contributed by atoms with Gasteiger partial charge in [0.1, 0.15) is 17.7 Å². The summed E-state index contributed by atoms with van der Waals surface area (Å²) in [5, 5.41) is 18.3. The van der Waals surface area contributed by atoms with Gasteiger partial charge in [0.2, 0.25) is 0 Å². The fourth-order valence-corrected chi connectivity index (χ4v) is 3.71. The lowest BCUT2D eigenvalue weighted by Gasteiger charge is -2.09. The molecule has 86 valence electrons. The average Bonchev–Trinajstić information content (AvgIpc) is 2.88. The van der Waals surface area contributed by atoms with Gasteiger partial charge >= 0.3 is 0 Å². The Balaban J connectivity index is 2.37. The lowest BCUT2D eigenvalue weighted by Crippen LogP contribution is -1.90. The summed E-state index contributed by atoms with van der Waals surface area (Å²) in [5.74, 6) is 0. The van der Waals surface area contributed by atoms with Gasteiger partial charge in [0.25, 0.3) is 0 Å². The topological polar surface area (TPSA) is 47.6 Å². The maximum absolute atomic E-state index is 9.14. The predicted molar refractivity (Wildman–Crippen MR) is 72.5 cm³/mol. The van der Waals surface area contributed by atoms with Crippen molar-refractivity contribution in [2.24, 2.45) is 0 Å². The van der Waals surface area contributed by atoms with E-state index in [9.17, 15) is 0 Å². The number of thiophene rings is 1. The number of rotatable bonds is 0. The second kappa shape index (κ2) is 3.98. The summed E-state index contributed by atoms with van der Waals surface area (Å²) >= 11 is 1.67. The highest BCUT2D eigenvalue weighted by molar-refractivity contribution is 7.13. The molecule has 2 aliphatic carbocycles. The molecular weight excluding hydrogens is 240 g/mol. The molecule has 0 spiro atoms. The number of hydrogen-bond acceptors (Lipinski definition) is 3. The van der Waals surface area contributed by atoms with E-state index in [-0.39, 0.29) is 5.57 Å². The van der Waals surface area contributed by atoms with Crippen molar-refractivity contribution < 1.29 is 0 Å². The van der Waals surface area contributed by atoms with Crippen LogP contribution in [0.15, 0.2) is 29.4 Å². The number of fused-ring (bicyclic) bond motifs is 2. The average molecular weight is 250 g/mol. The molecule has 2 nitrogen and oxygen atoms in total. The van der Waals surface area contributed by atoms with E-state index in [0.717, 1.165) is 28.9 Å². The zero-order valence-electron chi connectivity index (χ0n) is 9.95. The fourth-order valence-electron chi connectivity index (χ4n) is 2.61. The molecule has 0 N–H and O–H groups in total. The summed E-state index contributed by atoms with van der Waals surface area (Å²) in [7, 11) is 0. The van der Waals surface area contributed by atoms with Crippen molar-refractivity contribution in [3.05, 3.63) is 44.7 Å². The minimum absolute atomic E-state index is 0.231. The molecule has 18 heavy (non-hydrogen) atoms. The maximum atomic E-state index is 9.14. The smallest absolute Gasteiger partial charge is 0.138 e. The van der Waals surface area contributed by atoms with Crippen LogP contribution < -0.4 is 0 Å². The molecule has 1 aromatic rings. The summed E-state index contributed by atoms with van der Waals surface area (Å²) in [6, 6.07) is 6.24. The molecule has 0 atom stereocenters. The van der Waals surface area contributed by atoms with E-state index in [4.69, 9.17) is 10.5 Å².